The van der Waals surface area contributed by atoms with Crippen molar-refractivity contribution in [3.8, 4) is 5.75 Å². The van der Waals surface area contributed by atoms with Crippen molar-refractivity contribution >= 4 is 23.6 Å². The van der Waals surface area contributed by atoms with Crippen LogP contribution in [0.4, 0.5) is 28.0 Å². The van der Waals surface area contributed by atoms with Crippen LogP contribution in [0.1, 0.15) is 44.0 Å². The zero-order chi connectivity index (χ0) is 32.2. The molecular formula is C31H32F4N4O5. The van der Waals surface area contributed by atoms with Gasteiger partial charge >= 0.3 is 12.5 Å². The van der Waals surface area contributed by atoms with Gasteiger partial charge in [0.1, 0.15) is 17.6 Å². The quantitative estimate of drug-likeness (QED) is 0.309. The van der Waals surface area contributed by atoms with E-state index in [1.807, 2.05) is 0 Å². The van der Waals surface area contributed by atoms with Crippen LogP contribution in [0.15, 0.2) is 66.9 Å². The predicted octanol–water partition coefficient (Wildman–Crippen LogP) is 5.47. The van der Waals surface area contributed by atoms with E-state index in [1.165, 1.54) is 41.4 Å². The van der Waals surface area contributed by atoms with Crippen LogP contribution < -0.4 is 15.0 Å². The van der Waals surface area contributed by atoms with Gasteiger partial charge in [-0.15, -0.1) is 13.2 Å². The largest absolute Gasteiger partial charge is 0.573 e. The summed E-state index contributed by atoms with van der Waals surface area (Å²) in [6.07, 6.45) is -4.95. The van der Waals surface area contributed by atoms with Crippen molar-refractivity contribution in [3.63, 3.8) is 0 Å². The number of benzene rings is 2. The fourth-order valence-electron chi connectivity index (χ4n) is 5.31. The molecule has 9 nitrogen and oxygen atoms in total. The summed E-state index contributed by atoms with van der Waals surface area (Å²) in [5.74, 6) is -2.04. The van der Waals surface area contributed by atoms with Crippen molar-refractivity contribution in [1.29, 1.82) is 0 Å². The molecule has 0 bridgehead atoms. The third-order valence-electron chi connectivity index (χ3n) is 7.08. The maximum Gasteiger partial charge on any atom is 0.573 e. The van der Waals surface area contributed by atoms with Gasteiger partial charge in [-0.1, -0.05) is 30.3 Å². The second kappa shape index (κ2) is 12.9. The fourth-order valence-corrected chi connectivity index (χ4v) is 5.31. The van der Waals surface area contributed by atoms with Crippen LogP contribution in [-0.2, 0) is 29.0 Å². The first-order valence-electron chi connectivity index (χ1n) is 13.8. The summed E-state index contributed by atoms with van der Waals surface area (Å²) in [5.41, 5.74) is 0.815. The molecule has 1 aromatic heterocycles. The Bertz CT molecular complexity index is 1510. The normalized spacial score (nSPS) is 15.8. The molecule has 0 saturated heterocycles. The molecule has 1 aliphatic rings. The number of hydrogen-bond acceptors (Lipinski definition) is 5. The number of amides is 3. The highest BCUT2D eigenvalue weighted by Crippen LogP contribution is 2.30. The van der Waals surface area contributed by atoms with Crippen molar-refractivity contribution in [3.05, 3.63) is 89.5 Å². The topological polar surface area (TPSA) is 112 Å². The summed E-state index contributed by atoms with van der Waals surface area (Å²) in [6, 6.07) is 12.3. The number of anilines is 1. The van der Waals surface area contributed by atoms with Crippen LogP contribution in [0.25, 0.3) is 0 Å². The molecule has 2 aromatic carbocycles. The maximum atomic E-state index is 14.5. The molecule has 0 aliphatic carbocycles. The molecule has 2 heterocycles. The number of carboxylic acid groups (broad SMARTS) is 1. The number of fused-ring (bicyclic) bond motifs is 1. The Morgan fingerprint density at radius 2 is 1.77 bits per heavy atom. The van der Waals surface area contributed by atoms with Gasteiger partial charge in [-0.25, -0.2) is 9.18 Å². The van der Waals surface area contributed by atoms with Crippen molar-refractivity contribution in [2.45, 2.75) is 70.6 Å². The van der Waals surface area contributed by atoms with Gasteiger partial charge in [-0.05, 0) is 68.7 Å². The third-order valence-corrected chi connectivity index (χ3v) is 7.08. The summed E-state index contributed by atoms with van der Waals surface area (Å²) >= 11 is 0. The summed E-state index contributed by atoms with van der Waals surface area (Å²) in [5, 5.41) is 12.7. The molecule has 0 spiro atoms. The van der Waals surface area contributed by atoms with Crippen LogP contribution in [0.3, 0.4) is 0 Å². The Balaban J connectivity index is 1.55. The summed E-state index contributed by atoms with van der Waals surface area (Å²) in [4.78, 5) is 46.2. The first-order valence-corrected chi connectivity index (χ1v) is 13.8. The molecule has 3 amide bonds. The molecule has 3 aromatic rings. The van der Waals surface area contributed by atoms with E-state index in [0.717, 1.165) is 17.0 Å². The Morgan fingerprint density at radius 3 is 2.39 bits per heavy atom. The van der Waals surface area contributed by atoms with Crippen molar-refractivity contribution in [2.24, 2.45) is 0 Å². The molecule has 0 fully saturated rings. The van der Waals surface area contributed by atoms with E-state index < -0.39 is 53.5 Å². The average Bonchev–Trinajstić information content (AvgIpc) is 2.91. The van der Waals surface area contributed by atoms with E-state index in [0.29, 0.717) is 16.9 Å². The molecule has 13 heteroatoms. The van der Waals surface area contributed by atoms with Gasteiger partial charge in [0.25, 0.3) is 0 Å². The maximum absolute atomic E-state index is 14.5. The number of ether oxygens (including phenoxy) is 1. The standard InChI is InChI=1S/C31H32F4N4O5/c1-30(2,3)39(29(42)43)21(15-20-7-4-5-8-23(20)32)16-27(40)37-25-17-24-26(9-6-14-36-24)38(28(25)41)18-19-10-12-22(13-11-19)44-31(33,34)35/h4-14,21,25H,15-18H2,1-3H3,(H,37,40)(H,42,43)/t21-,25?/m1/s1. The lowest BCUT2D eigenvalue weighted by Crippen LogP contribution is -2.56. The molecule has 234 valence electrons. The molecule has 2 N–H and O–H groups in total. The number of hydrogen-bond donors (Lipinski definition) is 2. The molecule has 44 heavy (non-hydrogen) atoms. The second-order valence-electron chi connectivity index (χ2n) is 11.4. The Kier molecular flexibility index (Phi) is 9.45. The number of carbonyl (C=O) groups is 3. The zero-order valence-corrected chi connectivity index (χ0v) is 24.3. The van der Waals surface area contributed by atoms with Gasteiger partial charge in [0.05, 0.1) is 17.9 Å². The van der Waals surface area contributed by atoms with Crippen LogP contribution in [-0.4, -0.2) is 56.9 Å². The number of nitrogens with one attached hydrogen (secondary N) is 1. The van der Waals surface area contributed by atoms with Gasteiger partial charge < -0.3 is 20.1 Å². The van der Waals surface area contributed by atoms with Gasteiger partial charge in [0.15, 0.2) is 0 Å². The number of halogens is 4. The molecule has 0 saturated carbocycles. The number of alkyl halides is 3. The van der Waals surface area contributed by atoms with E-state index in [-0.39, 0.29) is 31.4 Å². The van der Waals surface area contributed by atoms with Gasteiger partial charge in [0, 0.05) is 30.6 Å². The lowest BCUT2D eigenvalue weighted by Gasteiger charge is -2.40. The van der Waals surface area contributed by atoms with Gasteiger partial charge in [-0.2, -0.15) is 0 Å². The Morgan fingerprint density at radius 1 is 1.09 bits per heavy atom. The molecule has 4 rings (SSSR count). The minimum absolute atomic E-state index is 0.0249. The molecule has 1 aliphatic heterocycles. The van der Waals surface area contributed by atoms with Crippen molar-refractivity contribution < 1.29 is 41.8 Å². The number of pyridine rings is 1. The van der Waals surface area contributed by atoms with Gasteiger partial charge in [0.2, 0.25) is 11.8 Å². The minimum atomic E-state index is -4.84. The smallest absolute Gasteiger partial charge is 0.465 e. The van der Waals surface area contributed by atoms with E-state index in [1.54, 1.807) is 39.0 Å². The molecule has 1 unspecified atom stereocenters. The first kappa shape index (κ1) is 32.2. The first-order chi connectivity index (χ1) is 20.6. The summed E-state index contributed by atoms with van der Waals surface area (Å²) in [7, 11) is 0. The predicted molar refractivity (Wildman–Crippen MR) is 152 cm³/mol. The monoisotopic (exact) mass is 616 g/mol. The van der Waals surface area contributed by atoms with Crippen LogP contribution >= 0.6 is 0 Å². The number of aromatic nitrogens is 1. The zero-order valence-electron chi connectivity index (χ0n) is 24.3. The number of rotatable bonds is 9. The third kappa shape index (κ3) is 8.03. The van der Waals surface area contributed by atoms with E-state index in [2.05, 4.69) is 15.0 Å². The lowest BCUT2D eigenvalue weighted by atomic mass is 9.95. The lowest BCUT2D eigenvalue weighted by molar-refractivity contribution is -0.274. The second-order valence-corrected chi connectivity index (χ2v) is 11.4. The summed E-state index contributed by atoms with van der Waals surface area (Å²) < 4.78 is 56.1. The van der Waals surface area contributed by atoms with Crippen LogP contribution in [0, 0.1) is 5.82 Å². The minimum Gasteiger partial charge on any atom is -0.465 e. The van der Waals surface area contributed by atoms with E-state index >= 15 is 0 Å². The fraction of sp³-hybridized carbons (Fsp3) is 0.355. The Hall–Kier alpha value is -4.68. The highest BCUT2D eigenvalue weighted by atomic mass is 19.4. The van der Waals surface area contributed by atoms with Gasteiger partial charge in [-0.3, -0.25) is 19.5 Å². The van der Waals surface area contributed by atoms with Crippen molar-refractivity contribution in [2.75, 3.05) is 4.90 Å². The molecule has 0 radical (unpaired) electrons. The van der Waals surface area contributed by atoms with E-state index in [9.17, 15) is 37.1 Å². The molecular weight excluding hydrogens is 584 g/mol. The number of nitrogens with zero attached hydrogens (tertiary/aromatic N) is 3. The summed E-state index contributed by atoms with van der Waals surface area (Å²) in [6.45, 7) is 4.98. The highest BCUT2D eigenvalue weighted by molar-refractivity contribution is 6.01. The van der Waals surface area contributed by atoms with Crippen molar-refractivity contribution in [1.82, 2.24) is 15.2 Å². The molecule has 2 atom stereocenters. The highest BCUT2D eigenvalue weighted by Gasteiger charge is 2.38. The average molecular weight is 617 g/mol. The SMILES string of the molecule is CC(C)(C)N(C(=O)O)[C@@H](CC(=O)NC1Cc2ncccc2N(Cc2ccc(OC(F)(F)F)cc2)C1=O)Cc1ccccc1F. The van der Waals surface area contributed by atoms with E-state index in [4.69, 9.17) is 0 Å². The number of carbonyl (C=O) groups excluding carboxylic acids is 2. The van der Waals surface area contributed by atoms with Crippen LogP contribution in [0.5, 0.6) is 5.75 Å². The Labute approximate surface area is 251 Å². The van der Waals surface area contributed by atoms with Crippen LogP contribution in [0.2, 0.25) is 0 Å².